The molecule has 0 radical (unpaired) electrons. The second kappa shape index (κ2) is 6.40. The van der Waals surface area contributed by atoms with Crippen LogP contribution in [-0.2, 0) is 12.4 Å². The maximum Gasteiger partial charge on any atom is 0.416 e. The molecule has 0 atom stereocenters. The topological polar surface area (TPSA) is 23.8 Å². The quantitative estimate of drug-likeness (QED) is 0.509. The highest BCUT2D eigenvalue weighted by molar-refractivity contribution is 5.81. The van der Waals surface area contributed by atoms with Gasteiger partial charge in [0.1, 0.15) is 0 Å². The first-order valence-electron chi connectivity index (χ1n) is 6.58. The highest BCUT2D eigenvalue weighted by Gasteiger charge is 2.32. The molecule has 0 saturated heterocycles. The number of nitriles is 1. The molecule has 124 valence electrons. The van der Waals surface area contributed by atoms with Gasteiger partial charge in [0.2, 0.25) is 0 Å². The van der Waals surface area contributed by atoms with E-state index in [-0.39, 0.29) is 16.7 Å². The second-order valence-corrected chi connectivity index (χ2v) is 4.84. The van der Waals surface area contributed by atoms with Gasteiger partial charge in [0.25, 0.3) is 0 Å². The molecule has 0 spiro atoms. The van der Waals surface area contributed by atoms with Gasteiger partial charge in [-0.2, -0.15) is 31.6 Å². The Labute approximate surface area is 133 Å². The minimum Gasteiger partial charge on any atom is -0.193 e. The van der Waals surface area contributed by atoms with Crippen molar-refractivity contribution in [2.24, 2.45) is 0 Å². The zero-order valence-corrected chi connectivity index (χ0v) is 11.9. The first-order chi connectivity index (χ1) is 11.1. The van der Waals surface area contributed by atoms with Crippen LogP contribution in [-0.4, -0.2) is 0 Å². The lowest BCUT2D eigenvalue weighted by molar-refractivity contribution is -0.138. The fourth-order valence-corrected chi connectivity index (χ4v) is 2.12. The van der Waals surface area contributed by atoms with Crippen LogP contribution in [0.2, 0.25) is 0 Å². The molecule has 2 aromatic rings. The Hall–Kier alpha value is -2.75. The van der Waals surface area contributed by atoms with Gasteiger partial charge in [0.15, 0.2) is 0 Å². The maximum atomic E-state index is 12.8. The number of alkyl halides is 6. The zero-order valence-electron chi connectivity index (χ0n) is 11.9. The standard InChI is InChI=1S/C17H9F6N/c18-16(19,20)13-5-1-3-11(9-13)15(7-8-24)12-4-2-6-14(10-12)17(21,22)23/h1-7,9-10H. The summed E-state index contributed by atoms with van der Waals surface area (Å²) in [6, 6.07) is 9.82. The van der Waals surface area contributed by atoms with E-state index in [9.17, 15) is 26.3 Å². The summed E-state index contributed by atoms with van der Waals surface area (Å²) >= 11 is 0. The van der Waals surface area contributed by atoms with Gasteiger partial charge in [-0.05, 0) is 41.0 Å². The highest BCUT2D eigenvalue weighted by Crippen LogP contribution is 2.35. The average molecular weight is 341 g/mol. The molecule has 0 aliphatic rings. The minimum absolute atomic E-state index is 0.00528. The van der Waals surface area contributed by atoms with Gasteiger partial charge in [-0.1, -0.05) is 24.3 Å². The molecule has 0 saturated carbocycles. The van der Waals surface area contributed by atoms with Crippen LogP contribution in [0, 0.1) is 11.3 Å². The first kappa shape index (κ1) is 17.6. The molecule has 2 rings (SSSR count). The highest BCUT2D eigenvalue weighted by atomic mass is 19.4. The van der Waals surface area contributed by atoms with Crippen LogP contribution in [0.15, 0.2) is 54.6 Å². The van der Waals surface area contributed by atoms with Crippen LogP contribution in [0.4, 0.5) is 26.3 Å². The summed E-state index contributed by atoms with van der Waals surface area (Å²) in [6.45, 7) is 0. The third-order valence-electron chi connectivity index (χ3n) is 3.21. The lowest BCUT2D eigenvalue weighted by Gasteiger charge is -2.13. The molecule has 0 aliphatic heterocycles. The predicted octanol–water partition coefficient (Wildman–Crippen LogP) is 5.68. The van der Waals surface area contributed by atoms with E-state index in [1.165, 1.54) is 12.1 Å². The van der Waals surface area contributed by atoms with E-state index in [2.05, 4.69) is 0 Å². The van der Waals surface area contributed by atoms with Gasteiger partial charge >= 0.3 is 12.4 Å². The van der Waals surface area contributed by atoms with Crippen molar-refractivity contribution in [1.82, 2.24) is 0 Å². The number of rotatable bonds is 2. The predicted molar refractivity (Wildman–Crippen MR) is 75.6 cm³/mol. The Bertz CT molecular complexity index is 749. The number of benzene rings is 2. The summed E-state index contributed by atoms with van der Waals surface area (Å²) in [7, 11) is 0. The zero-order chi connectivity index (χ0) is 18.0. The van der Waals surface area contributed by atoms with Crippen LogP contribution in [0.5, 0.6) is 0 Å². The summed E-state index contributed by atoms with van der Waals surface area (Å²) in [4.78, 5) is 0. The Morgan fingerprint density at radius 3 is 1.54 bits per heavy atom. The van der Waals surface area contributed by atoms with Crippen LogP contribution < -0.4 is 0 Å². The van der Waals surface area contributed by atoms with Crippen molar-refractivity contribution in [1.29, 1.82) is 5.26 Å². The van der Waals surface area contributed by atoms with Gasteiger partial charge < -0.3 is 0 Å². The fourth-order valence-electron chi connectivity index (χ4n) is 2.12. The Morgan fingerprint density at radius 2 is 1.21 bits per heavy atom. The molecule has 0 N–H and O–H groups in total. The number of hydrogen-bond acceptors (Lipinski definition) is 1. The number of allylic oxidation sites excluding steroid dienone is 1. The van der Waals surface area contributed by atoms with Crippen molar-refractivity contribution in [2.45, 2.75) is 12.4 Å². The van der Waals surface area contributed by atoms with Crippen molar-refractivity contribution < 1.29 is 26.3 Å². The molecule has 0 heterocycles. The molecule has 24 heavy (non-hydrogen) atoms. The summed E-state index contributed by atoms with van der Waals surface area (Å²) in [5.74, 6) is 0. The second-order valence-electron chi connectivity index (χ2n) is 4.84. The van der Waals surface area contributed by atoms with Crippen molar-refractivity contribution in [2.75, 3.05) is 0 Å². The SMILES string of the molecule is N#CC=C(c1cccc(C(F)(F)F)c1)c1cccc(C(F)(F)F)c1. The van der Waals surface area contributed by atoms with Crippen LogP contribution in [0.25, 0.3) is 5.57 Å². The third kappa shape index (κ3) is 3.96. The smallest absolute Gasteiger partial charge is 0.193 e. The number of halogens is 6. The van der Waals surface area contributed by atoms with E-state index in [1.54, 1.807) is 6.07 Å². The molecule has 1 nitrogen and oxygen atoms in total. The molecule has 0 aromatic heterocycles. The summed E-state index contributed by atoms with van der Waals surface area (Å²) < 4.78 is 76.8. The normalized spacial score (nSPS) is 11.7. The monoisotopic (exact) mass is 341 g/mol. The van der Waals surface area contributed by atoms with Gasteiger partial charge in [0, 0.05) is 6.08 Å². The first-order valence-corrected chi connectivity index (χ1v) is 6.58. The van der Waals surface area contributed by atoms with E-state index in [1.807, 2.05) is 0 Å². The van der Waals surface area contributed by atoms with E-state index >= 15 is 0 Å². The third-order valence-corrected chi connectivity index (χ3v) is 3.21. The van der Waals surface area contributed by atoms with Crippen LogP contribution in [0.3, 0.4) is 0 Å². The molecule has 2 aromatic carbocycles. The molecular formula is C17H9F6N. The summed E-state index contributed by atoms with van der Waals surface area (Å²) in [5, 5.41) is 8.85. The van der Waals surface area contributed by atoms with Crippen molar-refractivity contribution in [3.63, 3.8) is 0 Å². The van der Waals surface area contributed by atoms with Crippen LogP contribution in [0.1, 0.15) is 22.3 Å². The largest absolute Gasteiger partial charge is 0.416 e. The van der Waals surface area contributed by atoms with Gasteiger partial charge in [-0.25, -0.2) is 0 Å². The molecule has 7 heteroatoms. The Kier molecular flexibility index (Phi) is 4.69. The van der Waals surface area contributed by atoms with Crippen molar-refractivity contribution in [3.8, 4) is 6.07 Å². The average Bonchev–Trinajstić information content (AvgIpc) is 2.51. The molecule has 0 amide bonds. The fraction of sp³-hybridized carbons (Fsp3) is 0.118. The summed E-state index contributed by atoms with van der Waals surface area (Å²) in [6.07, 6.45) is -8.27. The van der Waals surface area contributed by atoms with Gasteiger partial charge in [-0.3, -0.25) is 0 Å². The Balaban J connectivity index is 2.57. The van der Waals surface area contributed by atoms with E-state index in [0.29, 0.717) is 0 Å². The molecule has 0 bridgehead atoms. The van der Waals surface area contributed by atoms with Crippen molar-refractivity contribution in [3.05, 3.63) is 76.9 Å². The van der Waals surface area contributed by atoms with E-state index in [0.717, 1.165) is 42.5 Å². The number of hydrogen-bond donors (Lipinski definition) is 0. The lowest BCUT2D eigenvalue weighted by Crippen LogP contribution is -2.06. The molecule has 0 unspecified atom stereocenters. The van der Waals surface area contributed by atoms with Crippen LogP contribution >= 0.6 is 0 Å². The minimum atomic E-state index is -4.60. The van der Waals surface area contributed by atoms with Gasteiger partial charge in [0.05, 0.1) is 17.2 Å². The van der Waals surface area contributed by atoms with Gasteiger partial charge in [-0.15, -0.1) is 0 Å². The molecule has 0 aliphatic carbocycles. The maximum absolute atomic E-state index is 12.8. The Morgan fingerprint density at radius 1 is 0.792 bits per heavy atom. The molecular weight excluding hydrogens is 332 g/mol. The molecule has 0 fully saturated rings. The summed E-state index contributed by atoms with van der Waals surface area (Å²) in [5.41, 5.74) is -1.90. The van der Waals surface area contributed by atoms with E-state index < -0.39 is 23.5 Å². The number of nitrogens with zero attached hydrogens (tertiary/aromatic N) is 1. The van der Waals surface area contributed by atoms with Crippen molar-refractivity contribution >= 4 is 5.57 Å². The van der Waals surface area contributed by atoms with E-state index in [4.69, 9.17) is 5.26 Å². The lowest BCUT2D eigenvalue weighted by atomic mass is 9.95.